The van der Waals surface area contributed by atoms with Gasteiger partial charge in [0.2, 0.25) is 18.0 Å². The number of hydrogen-bond donors (Lipinski definition) is 2. The molecule has 2 aromatic rings. The second kappa shape index (κ2) is 11.1. The predicted octanol–water partition coefficient (Wildman–Crippen LogP) is 1.22. The number of carbonyl (C=O) groups excluding carboxylic acids is 3. The lowest BCUT2D eigenvalue weighted by atomic mass is 10.1. The van der Waals surface area contributed by atoms with Crippen LogP contribution >= 0.6 is 0 Å². The maximum Gasteiger partial charge on any atom is 0.512 e. The highest BCUT2D eigenvalue weighted by atomic mass is 19.1. The van der Waals surface area contributed by atoms with Crippen LogP contribution in [-0.2, 0) is 32.1 Å². The Morgan fingerprint density at radius 3 is 2.69 bits per heavy atom. The van der Waals surface area contributed by atoms with Gasteiger partial charge in [0.25, 0.3) is 11.8 Å². The summed E-state index contributed by atoms with van der Waals surface area (Å²) in [6, 6.07) is 2.46. The summed E-state index contributed by atoms with van der Waals surface area (Å²) in [4.78, 5) is 63.5. The third-order valence-electron chi connectivity index (χ3n) is 6.04. The molecule has 0 bridgehead atoms. The topological polar surface area (TPSA) is 163 Å². The molecule has 3 heterocycles. The third-order valence-corrected chi connectivity index (χ3v) is 6.04. The summed E-state index contributed by atoms with van der Waals surface area (Å²) in [5.41, 5.74) is -1.79. The van der Waals surface area contributed by atoms with E-state index < -0.39 is 71.4 Å². The Morgan fingerprint density at radius 2 is 2.00 bits per heavy atom. The highest BCUT2D eigenvalue weighted by Crippen LogP contribution is 2.30. The van der Waals surface area contributed by atoms with E-state index in [0.717, 1.165) is 25.3 Å². The normalized spacial score (nSPS) is 18.6. The van der Waals surface area contributed by atoms with Crippen molar-refractivity contribution in [2.75, 3.05) is 13.4 Å². The standard InChI is InChI=1S/C24H23F2N3O10/c1-11-9-36-17-8-28-7-15(21(31)27-6-13-3-4-14(25)5-16(13)26)19(30)20(18(28)22(32)29(11)17)37-10-38-24(35)39-12(2)23(33)34/h3-5,7,11-12,17H,6,8-10H2,1-2H3,(H,27,31)(H,33,34)/t11-,12?,17+/m0/s1. The van der Waals surface area contributed by atoms with Gasteiger partial charge in [-0.05, 0) is 19.9 Å². The quantitative estimate of drug-likeness (QED) is 0.360. The van der Waals surface area contributed by atoms with Crippen molar-refractivity contribution in [1.82, 2.24) is 14.8 Å². The molecule has 208 valence electrons. The number of aromatic nitrogens is 1. The Morgan fingerprint density at radius 1 is 1.26 bits per heavy atom. The first-order valence-corrected chi connectivity index (χ1v) is 11.6. The minimum Gasteiger partial charge on any atom is -0.479 e. The van der Waals surface area contributed by atoms with Gasteiger partial charge in [-0.2, -0.15) is 0 Å². The summed E-state index contributed by atoms with van der Waals surface area (Å²) in [5, 5.41) is 11.2. The lowest BCUT2D eigenvalue weighted by Gasteiger charge is -2.34. The zero-order chi connectivity index (χ0) is 28.4. The molecule has 4 rings (SSSR count). The van der Waals surface area contributed by atoms with Crippen LogP contribution in [0.1, 0.15) is 40.3 Å². The van der Waals surface area contributed by atoms with Crippen LogP contribution in [0, 0.1) is 11.6 Å². The van der Waals surface area contributed by atoms with Gasteiger partial charge < -0.3 is 38.8 Å². The molecule has 1 fully saturated rings. The Labute approximate surface area is 218 Å². The van der Waals surface area contributed by atoms with Crippen molar-refractivity contribution in [3.63, 3.8) is 0 Å². The Hall–Kier alpha value is -4.53. The zero-order valence-electron chi connectivity index (χ0n) is 20.6. The number of nitrogens with one attached hydrogen (secondary N) is 1. The average molecular weight is 551 g/mol. The molecule has 1 aromatic heterocycles. The summed E-state index contributed by atoms with van der Waals surface area (Å²) >= 11 is 0. The van der Waals surface area contributed by atoms with Gasteiger partial charge >= 0.3 is 12.1 Å². The summed E-state index contributed by atoms with van der Waals surface area (Å²) in [6.07, 6.45) is -2.49. The molecule has 0 radical (unpaired) electrons. The molecule has 1 unspecified atom stereocenters. The lowest BCUT2D eigenvalue weighted by Crippen LogP contribution is -2.49. The lowest BCUT2D eigenvalue weighted by molar-refractivity contribution is -0.147. The number of halogens is 2. The number of carboxylic acid groups (broad SMARTS) is 1. The number of ether oxygens (including phenoxy) is 4. The summed E-state index contributed by atoms with van der Waals surface area (Å²) < 4.78 is 48.6. The van der Waals surface area contributed by atoms with Gasteiger partial charge in [0.1, 0.15) is 17.2 Å². The van der Waals surface area contributed by atoms with Crippen LogP contribution in [0.15, 0.2) is 29.2 Å². The molecule has 2 amide bonds. The van der Waals surface area contributed by atoms with Gasteiger partial charge in [-0.1, -0.05) is 6.07 Å². The van der Waals surface area contributed by atoms with Gasteiger partial charge in [0.15, 0.2) is 18.0 Å². The van der Waals surface area contributed by atoms with Crippen LogP contribution in [0.5, 0.6) is 5.75 Å². The molecule has 0 aliphatic carbocycles. The molecular formula is C24H23F2N3O10. The van der Waals surface area contributed by atoms with Crippen molar-refractivity contribution in [3.05, 3.63) is 63.1 Å². The summed E-state index contributed by atoms with van der Waals surface area (Å²) in [7, 11) is 0. The van der Waals surface area contributed by atoms with Gasteiger partial charge in [-0.25, -0.2) is 18.4 Å². The van der Waals surface area contributed by atoms with E-state index in [2.05, 4.69) is 14.8 Å². The second-order valence-electron chi connectivity index (χ2n) is 8.72. The number of amides is 2. The van der Waals surface area contributed by atoms with Crippen molar-refractivity contribution in [3.8, 4) is 5.75 Å². The molecule has 15 heteroatoms. The second-order valence-corrected chi connectivity index (χ2v) is 8.72. The third kappa shape index (κ3) is 5.67. The fraction of sp³-hybridized carbons (Fsp3) is 0.375. The number of pyridine rings is 1. The number of benzene rings is 1. The average Bonchev–Trinajstić information content (AvgIpc) is 3.25. The van der Waals surface area contributed by atoms with Gasteiger partial charge in [-0.15, -0.1) is 0 Å². The molecule has 2 aliphatic rings. The Bertz CT molecular complexity index is 1390. The number of hydrogen-bond acceptors (Lipinski definition) is 9. The van der Waals surface area contributed by atoms with Crippen LogP contribution in [0.3, 0.4) is 0 Å². The number of nitrogens with zero attached hydrogens (tertiary/aromatic N) is 2. The smallest absolute Gasteiger partial charge is 0.479 e. The largest absolute Gasteiger partial charge is 0.512 e. The van der Waals surface area contributed by atoms with Crippen LogP contribution in [-0.4, -0.2) is 70.3 Å². The fourth-order valence-corrected chi connectivity index (χ4v) is 4.06. The van der Waals surface area contributed by atoms with Crippen molar-refractivity contribution in [1.29, 1.82) is 0 Å². The van der Waals surface area contributed by atoms with E-state index in [1.54, 1.807) is 6.92 Å². The highest BCUT2D eigenvalue weighted by molar-refractivity contribution is 5.99. The van der Waals surface area contributed by atoms with Crippen molar-refractivity contribution in [2.24, 2.45) is 0 Å². The first kappa shape index (κ1) is 27.5. The SMILES string of the molecule is CC(OC(=O)OCOc1c2n(cc(C(=O)NCc3ccc(F)cc3F)c1=O)C[C@H]1OC[C@H](C)N1C2=O)C(=O)O. The van der Waals surface area contributed by atoms with E-state index in [-0.39, 0.29) is 37.0 Å². The molecule has 2 aliphatic heterocycles. The Balaban J connectivity index is 1.61. The minimum absolute atomic E-state index is 0.0357. The monoisotopic (exact) mass is 551 g/mol. The van der Waals surface area contributed by atoms with Crippen LogP contribution in [0.4, 0.5) is 13.6 Å². The van der Waals surface area contributed by atoms with Gasteiger partial charge in [-0.3, -0.25) is 14.4 Å². The van der Waals surface area contributed by atoms with E-state index >= 15 is 0 Å². The van der Waals surface area contributed by atoms with E-state index in [9.17, 15) is 32.8 Å². The van der Waals surface area contributed by atoms with E-state index in [0.29, 0.717) is 6.07 Å². The first-order valence-electron chi connectivity index (χ1n) is 11.6. The number of carboxylic acids is 1. The van der Waals surface area contributed by atoms with E-state index in [1.807, 2.05) is 0 Å². The molecule has 39 heavy (non-hydrogen) atoms. The first-order chi connectivity index (χ1) is 18.5. The van der Waals surface area contributed by atoms with Crippen molar-refractivity contribution < 1.29 is 52.0 Å². The number of carbonyl (C=O) groups is 4. The van der Waals surface area contributed by atoms with E-state index in [1.165, 1.54) is 9.47 Å². The van der Waals surface area contributed by atoms with Crippen LogP contribution < -0.4 is 15.5 Å². The summed E-state index contributed by atoms with van der Waals surface area (Å²) in [6.45, 7) is 1.76. The van der Waals surface area contributed by atoms with Crippen molar-refractivity contribution in [2.45, 2.75) is 45.3 Å². The molecular weight excluding hydrogens is 528 g/mol. The number of rotatable bonds is 8. The van der Waals surface area contributed by atoms with Gasteiger partial charge in [0, 0.05) is 24.4 Å². The van der Waals surface area contributed by atoms with Gasteiger partial charge in [0.05, 0.1) is 19.2 Å². The molecule has 3 atom stereocenters. The van der Waals surface area contributed by atoms with Crippen LogP contribution in [0.2, 0.25) is 0 Å². The number of aliphatic carboxylic acids is 1. The van der Waals surface area contributed by atoms with Crippen molar-refractivity contribution >= 4 is 23.9 Å². The maximum atomic E-state index is 14.0. The highest BCUT2D eigenvalue weighted by Gasteiger charge is 2.43. The molecule has 2 N–H and O–H groups in total. The van der Waals surface area contributed by atoms with E-state index in [4.69, 9.17) is 14.6 Å². The zero-order valence-corrected chi connectivity index (χ0v) is 20.6. The predicted molar refractivity (Wildman–Crippen MR) is 124 cm³/mol. The van der Waals surface area contributed by atoms with Crippen LogP contribution in [0.25, 0.3) is 0 Å². The summed E-state index contributed by atoms with van der Waals surface area (Å²) in [5.74, 6) is -5.33. The molecule has 13 nitrogen and oxygen atoms in total. The Kier molecular flexibility index (Phi) is 7.80. The maximum absolute atomic E-state index is 14.0. The number of fused-ring (bicyclic) bond motifs is 2. The molecule has 1 aromatic carbocycles. The molecule has 0 spiro atoms. The fourth-order valence-electron chi connectivity index (χ4n) is 4.06. The molecule has 1 saturated heterocycles. The molecule has 0 saturated carbocycles. The minimum atomic E-state index is -1.52.